The fraction of sp³-hybridized carbons (Fsp3) is 0.333. The highest BCUT2D eigenvalue weighted by atomic mass is 32.1. The number of rotatable bonds is 4. The van der Waals surface area contributed by atoms with Crippen molar-refractivity contribution in [2.75, 3.05) is 5.32 Å². The van der Waals surface area contributed by atoms with E-state index in [9.17, 15) is 13.6 Å². The van der Waals surface area contributed by atoms with E-state index in [1.54, 1.807) is 12.1 Å². The lowest BCUT2D eigenvalue weighted by molar-refractivity contribution is -0.0498. The maximum absolute atomic E-state index is 12.3. The lowest BCUT2D eigenvalue weighted by Crippen LogP contribution is -2.43. The number of hydrogen-bond acceptors (Lipinski definition) is 4. The largest absolute Gasteiger partial charge is 0.435 e. The first kappa shape index (κ1) is 19.5. The SMILES string of the molecule is C[C@@H]1CCc2sc(C(=O)NNC(=S)Nc3ccc(OC(F)F)cc3)cc2C1. The molecule has 0 fully saturated rings. The number of aryl methyl sites for hydroxylation is 1. The minimum absolute atomic E-state index is 0.0544. The van der Waals surface area contributed by atoms with E-state index < -0.39 is 6.61 Å². The number of alkyl halides is 2. The van der Waals surface area contributed by atoms with Crippen LogP contribution in [-0.2, 0) is 12.8 Å². The molecule has 3 rings (SSSR count). The van der Waals surface area contributed by atoms with E-state index in [0.717, 1.165) is 19.3 Å². The standard InChI is InChI=1S/C18H19F2N3O2S2/c1-10-2-7-14-11(8-10)9-15(27-14)16(24)22-23-18(26)21-12-3-5-13(6-4-12)25-17(19)20/h3-6,9-10,17H,2,7-8H2,1H3,(H,22,24)(H2,21,23,26)/t10-/m1/s1. The molecular weight excluding hydrogens is 392 g/mol. The molecule has 5 nitrogen and oxygen atoms in total. The molecular formula is C18H19F2N3O2S2. The van der Waals surface area contributed by atoms with Gasteiger partial charge in [0.1, 0.15) is 5.75 Å². The minimum Gasteiger partial charge on any atom is -0.435 e. The molecule has 1 aliphatic carbocycles. The number of thiophene rings is 1. The molecule has 0 saturated carbocycles. The second-order valence-electron chi connectivity index (χ2n) is 6.34. The lowest BCUT2D eigenvalue weighted by Gasteiger charge is -2.16. The van der Waals surface area contributed by atoms with E-state index in [1.807, 2.05) is 6.07 Å². The van der Waals surface area contributed by atoms with Crippen LogP contribution in [0.15, 0.2) is 30.3 Å². The Labute approximate surface area is 165 Å². The molecule has 1 aromatic carbocycles. The molecule has 0 aliphatic heterocycles. The summed E-state index contributed by atoms with van der Waals surface area (Å²) in [6.07, 6.45) is 3.19. The average molecular weight is 411 g/mol. The van der Waals surface area contributed by atoms with Gasteiger partial charge in [-0.3, -0.25) is 15.6 Å². The predicted octanol–water partition coefficient (Wildman–Crippen LogP) is 4.11. The van der Waals surface area contributed by atoms with Crippen molar-refractivity contribution in [1.29, 1.82) is 0 Å². The van der Waals surface area contributed by atoms with Gasteiger partial charge in [0.05, 0.1) is 4.88 Å². The Morgan fingerprint density at radius 1 is 1.30 bits per heavy atom. The quantitative estimate of drug-likeness (QED) is 0.522. The molecule has 9 heteroatoms. The van der Waals surface area contributed by atoms with Crippen LogP contribution in [0.5, 0.6) is 5.75 Å². The summed E-state index contributed by atoms with van der Waals surface area (Å²) in [5.74, 6) is 0.459. The van der Waals surface area contributed by atoms with Gasteiger partial charge in [-0.15, -0.1) is 11.3 Å². The fourth-order valence-corrected chi connectivity index (χ4v) is 4.15. The van der Waals surface area contributed by atoms with E-state index in [1.165, 1.54) is 33.9 Å². The highest BCUT2D eigenvalue weighted by Crippen LogP contribution is 2.32. The zero-order chi connectivity index (χ0) is 19.4. The van der Waals surface area contributed by atoms with Crippen LogP contribution < -0.4 is 20.9 Å². The molecule has 0 radical (unpaired) electrons. The number of hydrogen-bond donors (Lipinski definition) is 3. The third kappa shape index (κ3) is 5.36. The molecule has 2 aromatic rings. The number of amides is 1. The van der Waals surface area contributed by atoms with Gasteiger partial charge >= 0.3 is 6.61 Å². The van der Waals surface area contributed by atoms with Crippen LogP contribution in [-0.4, -0.2) is 17.6 Å². The van der Waals surface area contributed by atoms with Gasteiger partial charge in [0, 0.05) is 10.6 Å². The Kier molecular flexibility index (Phi) is 6.22. The van der Waals surface area contributed by atoms with Crippen LogP contribution >= 0.6 is 23.6 Å². The number of fused-ring (bicyclic) bond motifs is 1. The highest BCUT2D eigenvalue weighted by Gasteiger charge is 2.20. The van der Waals surface area contributed by atoms with E-state index in [-0.39, 0.29) is 16.8 Å². The van der Waals surface area contributed by atoms with Gasteiger partial charge in [-0.05, 0) is 73.3 Å². The Balaban J connectivity index is 1.49. The predicted molar refractivity (Wildman–Crippen MR) is 105 cm³/mol. The number of ether oxygens (including phenoxy) is 1. The summed E-state index contributed by atoms with van der Waals surface area (Å²) in [4.78, 5) is 14.2. The summed E-state index contributed by atoms with van der Waals surface area (Å²) in [6.45, 7) is -0.647. The molecule has 1 aromatic heterocycles. The smallest absolute Gasteiger partial charge is 0.387 e. The van der Waals surface area contributed by atoms with Gasteiger partial charge in [-0.1, -0.05) is 6.92 Å². The molecule has 0 bridgehead atoms. The minimum atomic E-state index is -2.87. The topological polar surface area (TPSA) is 62.4 Å². The van der Waals surface area contributed by atoms with E-state index in [2.05, 4.69) is 27.8 Å². The summed E-state index contributed by atoms with van der Waals surface area (Å²) in [6, 6.07) is 7.83. The van der Waals surface area contributed by atoms with Gasteiger partial charge in [0.2, 0.25) is 0 Å². The van der Waals surface area contributed by atoms with Crippen LogP contribution in [0.2, 0.25) is 0 Å². The molecule has 144 valence electrons. The summed E-state index contributed by atoms with van der Waals surface area (Å²) in [5, 5.41) is 3.03. The number of thiocarbonyl (C=S) groups is 1. The third-order valence-corrected chi connectivity index (χ3v) is 5.62. The van der Waals surface area contributed by atoms with E-state index in [0.29, 0.717) is 16.5 Å². The molecule has 1 aliphatic rings. The van der Waals surface area contributed by atoms with Crippen LogP contribution in [0.1, 0.15) is 33.5 Å². The van der Waals surface area contributed by atoms with Gasteiger partial charge in [0.25, 0.3) is 5.91 Å². The zero-order valence-electron chi connectivity index (χ0n) is 14.6. The number of hydrazine groups is 1. The third-order valence-electron chi connectivity index (χ3n) is 4.18. The maximum Gasteiger partial charge on any atom is 0.387 e. The molecule has 1 atom stereocenters. The average Bonchev–Trinajstić information content (AvgIpc) is 3.04. The van der Waals surface area contributed by atoms with Crippen molar-refractivity contribution in [2.24, 2.45) is 5.92 Å². The Hall–Kier alpha value is -2.26. The van der Waals surface area contributed by atoms with E-state index >= 15 is 0 Å². The first-order valence-corrected chi connectivity index (χ1v) is 9.67. The van der Waals surface area contributed by atoms with Crippen LogP contribution in [0.4, 0.5) is 14.5 Å². The van der Waals surface area contributed by atoms with Gasteiger partial charge < -0.3 is 10.1 Å². The normalized spacial score (nSPS) is 15.8. The number of benzene rings is 1. The second-order valence-corrected chi connectivity index (χ2v) is 7.89. The van der Waals surface area contributed by atoms with Crippen molar-refractivity contribution in [1.82, 2.24) is 10.9 Å². The molecule has 0 spiro atoms. The maximum atomic E-state index is 12.3. The first-order chi connectivity index (χ1) is 12.9. The number of carbonyl (C=O) groups excluding carboxylic acids is 1. The zero-order valence-corrected chi connectivity index (χ0v) is 16.2. The van der Waals surface area contributed by atoms with E-state index in [4.69, 9.17) is 12.2 Å². The molecule has 0 unspecified atom stereocenters. The van der Waals surface area contributed by atoms with Crippen molar-refractivity contribution in [3.8, 4) is 5.75 Å². The number of halogens is 2. The number of nitrogens with one attached hydrogen (secondary N) is 3. The molecule has 1 amide bonds. The first-order valence-electron chi connectivity index (χ1n) is 8.44. The monoisotopic (exact) mass is 411 g/mol. The highest BCUT2D eigenvalue weighted by molar-refractivity contribution is 7.80. The summed E-state index contributed by atoms with van der Waals surface area (Å²) < 4.78 is 28.5. The summed E-state index contributed by atoms with van der Waals surface area (Å²) in [5.41, 5.74) is 7.05. The van der Waals surface area contributed by atoms with Crippen molar-refractivity contribution < 1.29 is 18.3 Å². The lowest BCUT2D eigenvalue weighted by atomic mass is 9.90. The molecule has 0 saturated heterocycles. The summed E-state index contributed by atoms with van der Waals surface area (Å²) >= 11 is 6.64. The second kappa shape index (κ2) is 8.62. The molecule has 27 heavy (non-hydrogen) atoms. The van der Waals surface area contributed by atoms with Crippen molar-refractivity contribution in [2.45, 2.75) is 32.8 Å². The molecule has 3 N–H and O–H groups in total. The van der Waals surface area contributed by atoms with Crippen LogP contribution in [0, 0.1) is 5.92 Å². The van der Waals surface area contributed by atoms with Gasteiger partial charge in [-0.25, -0.2) is 0 Å². The number of carbonyl (C=O) groups is 1. The van der Waals surface area contributed by atoms with Gasteiger partial charge in [-0.2, -0.15) is 8.78 Å². The van der Waals surface area contributed by atoms with Gasteiger partial charge in [0.15, 0.2) is 5.11 Å². The van der Waals surface area contributed by atoms with Crippen molar-refractivity contribution >= 4 is 40.3 Å². The van der Waals surface area contributed by atoms with Crippen molar-refractivity contribution in [3.63, 3.8) is 0 Å². The Morgan fingerprint density at radius 3 is 2.74 bits per heavy atom. The van der Waals surface area contributed by atoms with Crippen molar-refractivity contribution in [3.05, 3.63) is 45.6 Å². The Morgan fingerprint density at radius 2 is 2.04 bits per heavy atom. The summed E-state index contributed by atoms with van der Waals surface area (Å²) in [7, 11) is 0. The Bertz CT molecular complexity index is 825. The number of anilines is 1. The fourth-order valence-electron chi connectivity index (χ4n) is 2.87. The van der Waals surface area contributed by atoms with Crippen LogP contribution in [0.3, 0.4) is 0 Å². The molecule has 1 heterocycles. The van der Waals surface area contributed by atoms with Crippen LogP contribution in [0.25, 0.3) is 0 Å².